The van der Waals surface area contributed by atoms with E-state index < -0.39 is 40.6 Å². The number of aromatic hydroxyl groups is 1. The minimum absolute atomic E-state index is 0.0964. The number of halogens is 1. The highest BCUT2D eigenvalue weighted by Gasteiger charge is 2.33. The molecule has 37 heavy (non-hydrogen) atoms. The molecule has 0 fully saturated rings. The zero-order valence-corrected chi connectivity index (χ0v) is 20.4. The molecule has 0 unspecified atom stereocenters. The standard InChI is InChI=1S/C25H22FN7O4/c1-12-9-28-14(3)20(30-12)19(18-7-16(26)6-5-15(18)8-27)13(2)23-32-21(22(34)25(36)33(23)4)24(35)31-17-10-29-37-11-17/h5-7,9-11,13,19,34H,1-4H3,(H,31,35)/t13-,19+/m0/s1. The van der Waals surface area contributed by atoms with Crippen molar-refractivity contribution >= 4 is 11.6 Å². The second kappa shape index (κ2) is 9.98. The summed E-state index contributed by atoms with van der Waals surface area (Å²) in [4.78, 5) is 39.1. The zero-order valence-electron chi connectivity index (χ0n) is 20.4. The van der Waals surface area contributed by atoms with Crippen LogP contribution in [0.1, 0.15) is 63.3 Å². The van der Waals surface area contributed by atoms with E-state index in [-0.39, 0.29) is 17.1 Å². The van der Waals surface area contributed by atoms with Gasteiger partial charge in [-0.3, -0.25) is 24.1 Å². The molecule has 11 nitrogen and oxygen atoms in total. The molecule has 0 saturated heterocycles. The Morgan fingerprint density at radius 3 is 2.70 bits per heavy atom. The molecule has 3 aromatic heterocycles. The average molecular weight is 503 g/mol. The highest BCUT2D eigenvalue weighted by Crippen LogP contribution is 2.39. The molecule has 0 bridgehead atoms. The van der Waals surface area contributed by atoms with Gasteiger partial charge in [-0.2, -0.15) is 5.26 Å². The number of rotatable bonds is 6. The van der Waals surface area contributed by atoms with Gasteiger partial charge in [-0.1, -0.05) is 12.1 Å². The van der Waals surface area contributed by atoms with Gasteiger partial charge in [-0.05, 0) is 37.6 Å². The summed E-state index contributed by atoms with van der Waals surface area (Å²) in [6.07, 6.45) is 3.99. The number of hydrogen-bond acceptors (Lipinski definition) is 9. The molecule has 0 saturated carbocycles. The quantitative estimate of drug-likeness (QED) is 0.403. The predicted molar refractivity (Wildman–Crippen MR) is 128 cm³/mol. The maximum atomic E-state index is 14.4. The van der Waals surface area contributed by atoms with Gasteiger partial charge in [0.1, 0.15) is 23.6 Å². The molecule has 0 radical (unpaired) electrons. The Balaban J connectivity index is 1.93. The van der Waals surface area contributed by atoms with E-state index in [0.717, 1.165) is 4.57 Å². The smallest absolute Gasteiger partial charge is 0.296 e. The molecule has 4 rings (SSSR count). The third kappa shape index (κ3) is 4.79. The second-order valence-corrected chi connectivity index (χ2v) is 8.49. The van der Waals surface area contributed by atoms with Crippen LogP contribution in [0.25, 0.3) is 0 Å². The van der Waals surface area contributed by atoms with Crippen LogP contribution in [0.5, 0.6) is 5.75 Å². The Hall–Kier alpha value is -4.92. The van der Waals surface area contributed by atoms with Crippen LogP contribution >= 0.6 is 0 Å². The van der Waals surface area contributed by atoms with Crippen LogP contribution in [-0.4, -0.2) is 35.7 Å². The van der Waals surface area contributed by atoms with Crippen molar-refractivity contribution in [3.8, 4) is 11.8 Å². The van der Waals surface area contributed by atoms with Crippen LogP contribution in [0.4, 0.5) is 10.1 Å². The van der Waals surface area contributed by atoms with E-state index in [0.29, 0.717) is 22.6 Å². The van der Waals surface area contributed by atoms with Crippen LogP contribution in [0, 0.1) is 31.0 Å². The molecule has 0 aliphatic rings. The molecule has 0 aliphatic carbocycles. The summed E-state index contributed by atoms with van der Waals surface area (Å²) in [5.74, 6) is -3.69. The minimum Gasteiger partial charge on any atom is -0.501 e. The predicted octanol–water partition coefficient (Wildman–Crippen LogP) is 3.08. The molecule has 0 spiro atoms. The van der Waals surface area contributed by atoms with Crippen LogP contribution in [0.2, 0.25) is 0 Å². The Bertz CT molecular complexity index is 1590. The molecule has 4 aromatic rings. The van der Waals surface area contributed by atoms with Gasteiger partial charge in [0.2, 0.25) is 5.75 Å². The molecule has 2 atom stereocenters. The summed E-state index contributed by atoms with van der Waals surface area (Å²) < 4.78 is 20.2. The Morgan fingerprint density at radius 1 is 1.27 bits per heavy atom. The lowest BCUT2D eigenvalue weighted by atomic mass is 9.80. The maximum absolute atomic E-state index is 14.4. The van der Waals surface area contributed by atoms with Gasteiger partial charge in [0.15, 0.2) is 5.69 Å². The molecule has 2 N–H and O–H groups in total. The number of amides is 1. The van der Waals surface area contributed by atoms with Gasteiger partial charge < -0.3 is 14.9 Å². The maximum Gasteiger partial charge on any atom is 0.296 e. The van der Waals surface area contributed by atoms with Crippen molar-refractivity contribution in [1.29, 1.82) is 5.26 Å². The largest absolute Gasteiger partial charge is 0.501 e. The van der Waals surface area contributed by atoms with E-state index in [1.807, 2.05) is 0 Å². The van der Waals surface area contributed by atoms with Crippen molar-refractivity contribution < 1.29 is 18.8 Å². The minimum atomic E-state index is -0.863. The lowest BCUT2D eigenvalue weighted by molar-refractivity contribution is 0.101. The van der Waals surface area contributed by atoms with Gasteiger partial charge in [-0.25, -0.2) is 9.37 Å². The normalized spacial score (nSPS) is 12.5. The SMILES string of the molecule is Cc1cnc(C)c([C@@H](c2cc(F)ccc2C#N)[C@H](C)c2nc(C(=O)Nc3cnoc3)c(O)c(=O)n2C)n1. The molecule has 1 aromatic carbocycles. The van der Waals surface area contributed by atoms with E-state index in [1.165, 1.54) is 37.7 Å². The van der Waals surface area contributed by atoms with E-state index in [4.69, 9.17) is 0 Å². The lowest BCUT2D eigenvalue weighted by Gasteiger charge is -2.27. The molecule has 188 valence electrons. The fourth-order valence-corrected chi connectivity index (χ4v) is 4.18. The van der Waals surface area contributed by atoms with Gasteiger partial charge in [0, 0.05) is 25.1 Å². The topological polar surface area (TPSA) is 160 Å². The highest BCUT2D eigenvalue weighted by molar-refractivity contribution is 6.04. The van der Waals surface area contributed by atoms with Crippen molar-refractivity contribution in [2.75, 3.05) is 5.32 Å². The third-order valence-corrected chi connectivity index (χ3v) is 5.99. The molecule has 12 heteroatoms. The van der Waals surface area contributed by atoms with Crippen LogP contribution in [0.15, 0.2) is 46.2 Å². The summed E-state index contributed by atoms with van der Waals surface area (Å²) in [6, 6.07) is 5.86. The summed E-state index contributed by atoms with van der Waals surface area (Å²) >= 11 is 0. The second-order valence-electron chi connectivity index (χ2n) is 8.49. The number of aryl methyl sites for hydroxylation is 2. The van der Waals surface area contributed by atoms with Gasteiger partial charge in [0.05, 0.1) is 34.9 Å². The summed E-state index contributed by atoms with van der Waals surface area (Å²) in [5.41, 5.74) is 0.912. The van der Waals surface area contributed by atoms with Crippen molar-refractivity contribution in [2.45, 2.75) is 32.6 Å². The van der Waals surface area contributed by atoms with Crippen molar-refractivity contribution in [2.24, 2.45) is 7.05 Å². The first-order valence-corrected chi connectivity index (χ1v) is 11.1. The highest BCUT2D eigenvalue weighted by atomic mass is 19.1. The number of carbonyl (C=O) groups is 1. The summed E-state index contributed by atoms with van der Waals surface area (Å²) in [7, 11) is 1.39. The number of nitrogens with one attached hydrogen (secondary N) is 1. The fraction of sp³-hybridized carbons (Fsp3) is 0.240. The zero-order chi connectivity index (χ0) is 26.9. The number of hydrogen-bond donors (Lipinski definition) is 2. The van der Waals surface area contributed by atoms with Crippen LogP contribution < -0.4 is 10.9 Å². The summed E-state index contributed by atoms with van der Waals surface area (Å²) in [6.45, 7) is 5.19. The Kier molecular flexibility index (Phi) is 6.79. The number of benzene rings is 1. The number of aromatic nitrogens is 5. The van der Waals surface area contributed by atoms with Crippen LogP contribution in [0.3, 0.4) is 0 Å². The Labute approximate surface area is 210 Å². The summed E-state index contributed by atoms with van der Waals surface area (Å²) in [5, 5.41) is 26.2. The number of nitriles is 1. The van der Waals surface area contributed by atoms with Gasteiger partial charge in [0.25, 0.3) is 11.5 Å². The number of nitrogens with zero attached hydrogens (tertiary/aromatic N) is 6. The van der Waals surface area contributed by atoms with E-state index in [1.54, 1.807) is 27.0 Å². The molecule has 0 aliphatic heterocycles. The van der Waals surface area contributed by atoms with Gasteiger partial charge >= 0.3 is 0 Å². The number of anilines is 1. The molecular formula is C25H22FN7O4. The third-order valence-electron chi connectivity index (χ3n) is 5.99. The average Bonchev–Trinajstić information content (AvgIpc) is 3.38. The van der Waals surface area contributed by atoms with Crippen molar-refractivity contribution in [1.82, 2.24) is 24.7 Å². The first-order chi connectivity index (χ1) is 17.6. The van der Waals surface area contributed by atoms with E-state index in [2.05, 4.69) is 36.0 Å². The molecular weight excluding hydrogens is 481 g/mol. The lowest BCUT2D eigenvalue weighted by Crippen LogP contribution is -2.30. The van der Waals surface area contributed by atoms with Crippen molar-refractivity contribution in [3.05, 3.63) is 92.8 Å². The fourth-order valence-electron chi connectivity index (χ4n) is 4.18. The number of carbonyl (C=O) groups excluding carboxylic acids is 1. The van der Waals surface area contributed by atoms with Crippen LogP contribution in [-0.2, 0) is 7.05 Å². The monoisotopic (exact) mass is 503 g/mol. The molecule has 1 amide bonds. The van der Waals surface area contributed by atoms with Crippen molar-refractivity contribution in [3.63, 3.8) is 0 Å². The van der Waals surface area contributed by atoms with E-state index in [9.17, 15) is 24.3 Å². The first-order valence-electron chi connectivity index (χ1n) is 11.1. The van der Waals surface area contributed by atoms with Gasteiger partial charge in [-0.15, -0.1) is 0 Å². The first kappa shape index (κ1) is 25.2. The molecule has 3 heterocycles. The Morgan fingerprint density at radius 2 is 2.03 bits per heavy atom. The van der Waals surface area contributed by atoms with E-state index >= 15 is 0 Å².